The Balaban J connectivity index is 3.21. The van der Waals surface area contributed by atoms with Gasteiger partial charge in [0.25, 0.3) is 0 Å². The molecule has 0 saturated carbocycles. The quantitative estimate of drug-likeness (QED) is 0.922. The summed E-state index contributed by atoms with van der Waals surface area (Å²) >= 11 is 0. The summed E-state index contributed by atoms with van der Waals surface area (Å²) in [5.74, 6) is -1.15. The monoisotopic (exact) mass is 280 g/mol. The maximum Gasteiger partial charge on any atom is 0.415 e. The van der Waals surface area contributed by atoms with Crippen molar-refractivity contribution in [3.63, 3.8) is 0 Å². The summed E-state index contributed by atoms with van der Waals surface area (Å²) in [5.41, 5.74) is -2.04. The highest BCUT2D eigenvalue weighted by molar-refractivity contribution is 5.97. The van der Waals surface area contributed by atoms with Crippen molar-refractivity contribution < 1.29 is 20.8 Å². The average molecular weight is 280 g/mol. The third-order valence-electron chi connectivity index (χ3n) is 2.64. The average Bonchev–Trinajstić information content (AvgIpc) is 2.39. The summed E-state index contributed by atoms with van der Waals surface area (Å²) < 4.78 is 12.6. The lowest BCUT2D eigenvalue weighted by atomic mass is 10.0. The van der Waals surface area contributed by atoms with Crippen LogP contribution in [0.5, 0.6) is 0 Å². The summed E-state index contributed by atoms with van der Waals surface area (Å²) in [4.78, 5) is 25.0. The molecule has 0 atom stereocenters. The van der Waals surface area contributed by atoms with Crippen LogP contribution >= 0.6 is 0 Å². The van der Waals surface area contributed by atoms with Gasteiger partial charge in [0.05, 0.1) is 0 Å². The number of hydrogen-bond acceptors (Lipinski definition) is 3. The van der Waals surface area contributed by atoms with Crippen LogP contribution < -0.4 is 4.90 Å². The van der Waals surface area contributed by atoms with Crippen LogP contribution in [0.1, 0.15) is 36.0 Å². The molecule has 1 N–H and O–H groups in total. The molecule has 0 aliphatic rings. The van der Waals surface area contributed by atoms with E-state index in [1.165, 1.54) is 13.8 Å². The maximum atomic E-state index is 12.4. The fraction of sp³-hybridized carbons (Fsp3) is 0.467. The summed E-state index contributed by atoms with van der Waals surface area (Å²) in [6, 6.07) is 8.47. The Hall–Kier alpha value is -2.04. The van der Waals surface area contributed by atoms with Gasteiger partial charge in [-0.2, -0.15) is 0 Å². The summed E-state index contributed by atoms with van der Waals surface area (Å²) in [6.45, 7) is 5.95. The molecule has 1 aromatic carbocycles. The number of ether oxygens (including phenoxy) is 1. The zero-order valence-electron chi connectivity index (χ0n) is 13.2. The third-order valence-corrected chi connectivity index (χ3v) is 2.64. The molecule has 1 amide bonds. The highest BCUT2D eigenvalue weighted by atomic mass is 16.6. The van der Waals surface area contributed by atoms with Gasteiger partial charge in [-0.05, 0) is 46.7 Å². The number of carboxylic acid groups (broad SMARTS) is 1. The van der Waals surface area contributed by atoms with Crippen molar-refractivity contribution >= 4 is 17.7 Å². The number of carboxylic acids is 1. The van der Waals surface area contributed by atoms with Crippen molar-refractivity contribution in [2.75, 3.05) is 4.90 Å². The first-order valence-corrected chi connectivity index (χ1v) is 6.23. The minimum atomic E-state index is -1.48. The zero-order chi connectivity index (χ0) is 16.3. The van der Waals surface area contributed by atoms with Gasteiger partial charge in [0.1, 0.15) is 11.1 Å². The number of aliphatic carboxylic acids is 1. The zero-order valence-corrected chi connectivity index (χ0v) is 12.2. The number of carbonyl (C=O) groups excluding carboxylic acids is 1. The molecule has 1 rings (SSSR count). The van der Waals surface area contributed by atoms with Gasteiger partial charge in [-0.25, -0.2) is 9.59 Å². The van der Waals surface area contributed by atoms with Gasteiger partial charge in [0, 0.05) is 7.06 Å². The molecule has 0 saturated heterocycles. The highest BCUT2D eigenvalue weighted by Crippen LogP contribution is 2.26. The van der Waals surface area contributed by atoms with Crippen LogP contribution in [0.15, 0.2) is 30.3 Å². The van der Waals surface area contributed by atoms with Crippen LogP contribution in [-0.2, 0) is 9.53 Å². The molecule has 0 unspecified atom stereocenters. The second-order valence-corrected chi connectivity index (χ2v) is 5.66. The lowest BCUT2D eigenvalue weighted by Gasteiger charge is -2.36. The first-order chi connectivity index (χ1) is 9.62. The van der Waals surface area contributed by atoms with Crippen LogP contribution in [0.2, 0.25) is 0 Å². The Kier molecular flexibility index (Phi) is 3.97. The van der Waals surface area contributed by atoms with Gasteiger partial charge in [0.2, 0.25) is 0 Å². The van der Waals surface area contributed by atoms with Crippen LogP contribution in [0, 0.1) is 0 Å². The van der Waals surface area contributed by atoms with Crippen LogP contribution in [0.4, 0.5) is 10.5 Å². The number of benzene rings is 1. The van der Waals surface area contributed by atoms with Crippen LogP contribution in [0.25, 0.3) is 0 Å². The van der Waals surface area contributed by atoms with Gasteiger partial charge in [-0.3, -0.25) is 4.90 Å². The lowest BCUT2D eigenvalue weighted by Crippen LogP contribution is -2.54. The van der Waals surface area contributed by atoms with Gasteiger partial charge in [0.15, 0.2) is 0 Å². The number of rotatable bonds is 3. The number of anilines is 1. The summed E-state index contributed by atoms with van der Waals surface area (Å²) in [7, 11) is 0. The van der Waals surface area contributed by atoms with E-state index in [1.807, 2.05) is 0 Å². The molecule has 0 aliphatic carbocycles. The van der Waals surface area contributed by atoms with Gasteiger partial charge >= 0.3 is 12.1 Å². The molecule has 0 heterocycles. The fourth-order valence-corrected chi connectivity index (χ4v) is 1.61. The highest BCUT2D eigenvalue weighted by Gasteiger charge is 2.41. The molecule has 0 bridgehead atoms. The molecular formula is C15H21NO4. The van der Waals surface area contributed by atoms with Crippen molar-refractivity contribution in [2.45, 2.75) is 45.7 Å². The summed E-state index contributed by atoms with van der Waals surface area (Å²) in [5, 5.41) is 9.39. The first-order valence-electron chi connectivity index (χ1n) is 6.93. The van der Waals surface area contributed by atoms with E-state index in [0.717, 1.165) is 4.90 Å². The van der Waals surface area contributed by atoms with Gasteiger partial charge in [-0.1, -0.05) is 18.2 Å². The molecule has 1 aromatic rings. The van der Waals surface area contributed by atoms with E-state index in [4.69, 9.17) is 6.11 Å². The van der Waals surface area contributed by atoms with E-state index in [1.54, 1.807) is 44.2 Å². The van der Waals surface area contributed by atoms with E-state index in [-0.39, 0.29) is 6.90 Å². The molecule has 0 radical (unpaired) electrons. The van der Waals surface area contributed by atoms with Crippen molar-refractivity contribution in [2.24, 2.45) is 0 Å². The number of carbonyl (C=O) groups is 2. The topological polar surface area (TPSA) is 66.8 Å². The van der Waals surface area contributed by atoms with Gasteiger partial charge in [-0.15, -0.1) is 0 Å². The standard InChI is InChI=1S/C15H21NO4/c1-14(2,3)20-13(19)16(15(4,5)12(17)18)11-9-7-6-8-10-11/h6-10H,1-5H3,(H,17,18)/i1D. The molecule has 20 heavy (non-hydrogen) atoms. The normalized spacial score (nSPS) is 12.5. The van der Waals surface area contributed by atoms with E-state index >= 15 is 0 Å². The maximum absolute atomic E-state index is 12.4. The summed E-state index contributed by atoms with van der Waals surface area (Å²) in [6.07, 6.45) is -0.786. The van der Waals surface area contributed by atoms with Crippen LogP contribution in [-0.4, -0.2) is 28.3 Å². The predicted molar refractivity (Wildman–Crippen MR) is 76.9 cm³/mol. The molecule has 0 aromatic heterocycles. The first kappa shape index (κ1) is 14.4. The van der Waals surface area contributed by atoms with E-state index < -0.39 is 23.2 Å². The van der Waals surface area contributed by atoms with E-state index in [0.29, 0.717) is 5.69 Å². The predicted octanol–water partition coefficient (Wildman–Crippen LogP) is 3.29. The van der Waals surface area contributed by atoms with Crippen LogP contribution in [0.3, 0.4) is 0 Å². The molecule has 0 fully saturated rings. The Labute approximate surface area is 120 Å². The van der Waals surface area contributed by atoms with E-state index in [9.17, 15) is 14.7 Å². The van der Waals surface area contributed by atoms with Crippen molar-refractivity contribution in [1.29, 1.82) is 0 Å². The Morgan fingerprint density at radius 1 is 1.20 bits per heavy atom. The van der Waals surface area contributed by atoms with Crippen molar-refractivity contribution in [1.82, 2.24) is 0 Å². The number of nitrogens with zero attached hydrogens (tertiary/aromatic N) is 1. The molecule has 5 heteroatoms. The third kappa shape index (κ3) is 3.73. The largest absolute Gasteiger partial charge is 0.480 e. The SMILES string of the molecule is [2H]CC(C)(C)OC(=O)N(c1ccccc1)C(C)(C)C(=O)O. The Bertz CT molecular complexity index is 514. The molecule has 110 valence electrons. The minimum Gasteiger partial charge on any atom is -0.480 e. The smallest absolute Gasteiger partial charge is 0.415 e. The molecule has 0 spiro atoms. The number of amides is 1. The van der Waals surface area contributed by atoms with Crippen molar-refractivity contribution in [3.8, 4) is 0 Å². The second-order valence-electron chi connectivity index (χ2n) is 5.66. The van der Waals surface area contributed by atoms with Crippen molar-refractivity contribution in [3.05, 3.63) is 30.3 Å². The second kappa shape index (κ2) is 5.53. The van der Waals surface area contributed by atoms with Gasteiger partial charge < -0.3 is 9.84 Å². The Morgan fingerprint density at radius 3 is 2.20 bits per heavy atom. The van der Waals surface area contributed by atoms with E-state index in [2.05, 4.69) is 0 Å². The fourth-order valence-electron chi connectivity index (χ4n) is 1.61. The Morgan fingerprint density at radius 2 is 1.75 bits per heavy atom. The molecular weight excluding hydrogens is 258 g/mol. The molecule has 0 aliphatic heterocycles. The molecule has 5 nitrogen and oxygen atoms in total. The minimum absolute atomic E-state index is 0.116. The lowest BCUT2D eigenvalue weighted by molar-refractivity contribution is -0.142. The number of hydrogen-bond donors (Lipinski definition) is 1. The number of para-hydroxylation sites is 1.